The van der Waals surface area contributed by atoms with E-state index in [1.54, 1.807) is 12.3 Å². The van der Waals surface area contributed by atoms with Gasteiger partial charge in [0.15, 0.2) is 0 Å². The standard InChI is InChI=1S/C23H30N4O2/c1-18(17-27-15-12-24-19(27)2)16-25-23(29)21-10-13-26(14-11-21)22(28)9-8-20-6-4-3-5-7-20/h3-9,12,15,18,21H,10-11,13-14,16-17H2,1-2H3,(H,25,29)/b9-8+/t18-/m1/s1. The predicted octanol–water partition coefficient (Wildman–Crippen LogP) is 2.90. The Labute approximate surface area is 172 Å². The van der Waals surface area contributed by atoms with Gasteiger partial charge in [-0.3, -0.25) is 9.59 Å². The molecule has 2 aromatic rings. The van der Waals surface area contributed by atoms with Crippen molar-refractivity contribution in [3.63, 3.8) is 0 Å². The normalized spacial score (nSPS) is 16.1. The minimum absolute atomic E-state index is 0.0111. The summed E-state index contributed by atoms with van der Waals surface area (Å²) in [5.41, 5.74) is 1.01. The number of nitrogens with one attached hydrogen (secondary N) is 1. The van der Waals surface area contributed by atoms with Crippen LogP contribution in [-0.4, -0.2) is 45.9 Å². The number of carbonyl (C=O) groups excluding carboxylic acids is 2. The van der Waals surface area contributed by atoms with Gasteiger partial charge in [0.1, 0.15) is 5.82 Å². The molecule has 2 amide bonds. The van der Waals surface area contributed by atoms with E-state index in [9.17, 15) is 9.59 Å². The summed E-state index contributed by atoms with van der Waals surface area (Å²) in [4.78, 5) is 30.9. The Kier molecular flexibility index (Phi) is 7.22. The van der Waals surface area contributed by atoms with Gasteiger partial charge >= 0.3 is 0 Å². The van der Waals surface area contributed by atoms with Gasteiger partial charge in [-0.1, -0.05) is 37.3 Å². The Balaban J connectivity index is 1.39. The summed E-state index contributed by atoms with van der Waals surface area (Å²) >= 11 is 0. The summed E-state index contributed by atoms with van der Waals surface area (Å²) in [5.74, 6) is 1.42. The van der Waals surface area contributed by atoms with Crippen molar-refractivity contribution >= 4 is 17.9 Å². The van der Waals surface area contributed by atoms with Crippen LogP contribution in [0.2, 0.25) is 0 Å². The molecule has 1 aliphatic heterocycles. The molecule has 6 heteroatoms. The molecule has 154 valence electrons. The van der Waals surface area contributed by atoms with E-state index in [-0.39, 0.29) is 17.7 Å². The van der Waals surface area contributed by atoms with Gasteiger partial charge < -0.3 is 14.8 Å². The monoisotopic (exact) mass is 394 g/mol. The highest BCUT2D eigenvalue weighted by Gasteiger charge is 2.26. The maximum atomic E-state index is 12.5. The number of imidazole rings is 1. The molecule has 0 unspecified atom stereocenters. The zero-order valence-corrected chi connectivity index (χ0v) is 17.3. The number of aryl methyl sites for hydroxylation is 1. The van der Waals surface area contributed by atoms with E-state index in [1.165, 1.54) is 0 Å². The van der Waals surface area contributed by atoms with Crippen LogP contribution >= 0.6 is 0 Å². The molecule has 0 saturated carbocycles. The van der Waals surface area contributed by atoms with Gasteiger partial charge in [-0.15, -0.1) is 0 Å². The first-order valence-corrected chi connectivity index (χ1v) is 10.3. The van der Waals surface area contributed by atoms with Crippen molar-refractivity contribution in [2.45, 2.75) is 33.2 Å². The van der Waals surface area contributed by atoms with E-state index in [1.807, 2.05) is 54.4 Å². The molecule has 0 spiro atoms. The predicted molar refractivity (Wildman–Crippen MR) is 114 cm³/mol. The van der Waals surface area contributed by atoms with Crippen LogP contribution in [0.4, 0.5) is 0 Å². The minimum atomic E-state index is -0.0145. The van der Waals surface area contributed by atoms with Crippen molar-refractivity contribution in [3.05, 3.63) is 60.2 Å². The molecule has 0 bridgehead atoms. The highest BCUT2D eigenvalue weighted by molar-refractivity contribution is 5.92. The van der Waals surface area contributed by atoms with Crippen molar-refractivity contribution < 1.29 is 9.59 Å². The van der Waals surface area contributed by atoms with Crippen molar-refractivity contribution in [2.75, 3.05) is 19.6 Å². The highest BCUT2D eigenvalue weighted by Crippen LogP contribution is 2.18. The second-order valence-electron chi connectivity index (χ2n) is 7.82. The lowest BCUT2D eigenvalue weighted by Crippen LogP contribution is -2.43. The summed E-state index contributed by atoms with van der Waals surface area (Å²) in [7, 11) is 0. The van der Waals surface area contributed by atoms with E-state index in [4.69, 9.17) is 0 Å². The molecular formula is C23H30N4O2. The van der Waals surface area contributed by atoms with E-state index >= 15 is 0 Å². The molecule has 1 aromatic carbocycles. The second kappa shape index (κ2) is 10.0. The molecule has 1 saturated heterocycles. The number of amides is 2. The van der Waals surface area contributed by atoms with Crippen LogP contribution in [0.15, 0.2) is 48.8 Å². The van der Waals surface area contributed by atoms with Crippen LogP contribution in [0.3, 0.4) is 0 Å². The number of aromatic nitrogens is 2. The summed E-state index contributed by atoms with van der Waals surface area (Å²) in [5, 5.41) is 3.08. The number of hydrogen-bond acceptors (Lipinski definition) is 3. The molecular weight excluding hydrogens is 364 g/mol. The molecule has 29 heavy (non-hydrogen) atoms. The van der Waals surface area contributed by atoms with Crippen LogP contribution in [0.5, 0.6) is 0 Å². The smallest absolute Gasteiger partial charge is 0.246 e. The summed E-state index contributed by atoms with van der Waals surface area (Å²) < 4.78 is 2.10. The molecule has 0 radical (unpaired) electrons. The highest BCUT2D eigenvalue weighted by atomic mass is 16.2. The van der Waals surface area contributed by atoms with Gasteiger partial charge in [0.2, 0.25) is 11.8 Å². The molecule has 3 rings (SSSR count). The fourth-order valence-electron chi connectivity index (χ4n) is 3.62. The molecule has 1 aromatic heterocycles. The molecule has 1 atom stereocenters. The molecule has 1 fully saturated rings. The summed E-state index contributed by atoms with van der Waals surface area (Å²) in [6.45, 7) is 6.84. The fraction of sp³-hybridized carbons (Fsp3) is 0.435. The zero-order valence-electron chi connectivity index (χ0n) is 17.3. The third-order valence-electron chi connectivity index (χ3n) is 5.45. The lowest BCUT2D eigenvalue weighted by Gasteiger charge is -2.31. The van der Waals surface area contributed by atoms with E-state index < -0.39 is 0 Å². The Morgan fingerprint density at radius 1 is 1.24 bits per heavy atom. The first-order valence-electron chi connectivity index (χ1n) is 10.3. The van der Waals surface area contributed by atoms with Gasteiger partial charge in [-0.05, 0) is 37.3 Å². The maximum absolute atomic E-state index is 12.5. The van der Waals surface area contributed by atoms with Crippen LogP contribution in [-0.2, 0) is 16.1 Å². The molecule has 2 heterocycles. The topological polar surface area (TPSA) is 67.2 Å². The first-order chi connectivity index (χ1) is 14.0. The number of rotatable bonds is 7. The van der Waals surface area contributed by atoms with Crippen LogP contribution in [0.1, 0.15) is 31.2 Å². The number of benzene rings is 1. The van der Waals surface area contributed by atoms with Crippen LogP contribution in [0, 0.1) is 18.8 Å². The Morgan fingerprint density at radius 3 is 2.62 bits per heavy atom. The Morgan fingerprint density at radius 2 is 1.97 bits per heavy atom. The third kappa shape index (κ3) is 6.04. The largest absolute Gasteiger partial charge is 0.356 e. The molecule has 0 aliphatic carbocycles. The van der Waals surface area contributed by atoms with Gasteiger partial charge in [0, 0.05) is 50.6 Å². The van der Waals surface area contributed by atoms with Crippen LogP contribution < -0.4 is 5.32 Å². The van der Waals surface area contributed by atoms with Crippen molar-refractivity contribution in [3.8, 4) is 0 Å². The molecule has 1 N–H and O–H groups in total. The summed E-state index contributed by atoms with van der Waals surface area (Å²) in [6, 6.07) is 9.79. The number of likely N-dealkylation sites (tertiary alicyclic amines) is 1. The van der Waals surface area contributed by atoms with E-state index in [0.29, 0.717) is 38.4 Å². The minimum Gasteiger partial charge on any atom is -0.356 e. The third-order valence-corrected chi connectivity index (χ3v) is 5.45. The Bertz CT molecular complexity index is 836. The average Bonchev–Trinajstić information content (AvgIpc) is 3.15. The molecule has 1 aliphatic rings. The maximum Gasteiger partial charge on any atom is 0.246 e. The Hall–Kier alpha value is -2.89. The lowest BCUT2D eigenvalue weighted by atomic mass is 9.95. The van der Waals surface area contributed by atoms with Crippen molar-refractivity contribution in [2.24, 2.45) is 11.8 Å². The number of piperidine rings is 1. The SMILES string of the molecule is Cc1nccn1C[C@H](C)CNC(=O)C1CCN(C(=O)/C=C/c2ccccc2)CC1. The number of hydrogen-bond donors (Lipinski definition) is 1. The number of carbonyl (C=O) groups is 2. The quantitative estimate of drug-likeness (QED) is 0.735. The van der Waals surface area contributed by atoms with Gasteiger partial charge in [-0.25, -0.2) is 4.98 Å². The fourth-order valence-corrected chi connectivity index (χ4v) is 3.62. The van der Waals surface area contributed by atoms with Gasteiger partial charge in [0.25, 0.3) is 0 Å². The van der Waals surface area contributed by atoms with Gasteiger partial charge in [0.05, 0.1) is 0 Å². The van der Waals surface area contributed by atoms with E-state index in [2.05, 4.69) is 21.8 Å². The number of nitrogens with zero attached hydrogens (tertiary/aromatic N) is 3. The first kappa shape index (κ1) is 20.8. The summed E-state index contributed by atoms with van der Waals surface area (Å²) in [6.07, 6.45) is 8.65. The zero-order chi connectivity index (χ0) is 20.6. The van der Waals surface area contributed by atoms with Crippen molar-refractivity contribution in [1.29, 1.82) is 0 Å². The average molecular weight is 395 g/mol. The van der Waals surface area contributed by atoms with Crippen molar-refractivity contribution in [1.82, 2.24) is 19.8 Å². The molecule has 6 nitrogen and oxygen atoms in total. The van der Waals surface area contributed by atoms with E-state index in [0.717, 1.165) is 17.9 Å². The lowest BCUT2D eigenvalue weighted by molar-refractivity contribution is -0.132. The van der Waals surface area contributed by atoms with Gasteiger partial charge in [-0.2, -0.15) is 0 Å². The van der Waals surface area contributed by atoms with Crippen LogP contribution in [0.25, 0.3) is 6.08 Å². The second-order valence-corrected chi connectivity index (χ2v) is 7.82.